The number of aliphatic hydroxyl groups is 1. The van der Waals surface area contributed by atoms with E-state index in [1.807, 2.05) is 42.5 Å². The van der Waals surface area contributed by atoms with Crippen LogP contribution in [0.15, 0.2) is 48.7 Å². The van der Waals surface area contributed by atoms with Crippen LogP contribution in [0.4, 0.5) is 0 Å². The summed E-state index contributed by atoms with van der Waals surface area (Å²) in [6, 6.07) is 13.0. The lowest BCUT2D eigenvalue weighted by Crippen LogP contribution is -2.33. The molecule has 0 aliphatic heterocycles. The zero-order valence-corrected chi connectivity index (χ0v) is 14.7. The first-order valence-electron chi connectivity index (χ1n) is 8.76. The van der Waals surface area contributed by atoms with Gasteiger partial charge in [0.05, 0.1) is 17.3 Å². The molecule has 2 aromatic carbocycles. The Bertz CT molecular complexity index is 989. The molecule has 2 saturated carbocycles. The van der Waals surface area contributed by atoms with Gasteiger partial charge in [0.2, 0.25) is 0 Å². The van der Waals surface area contributed by atoms with Crippen LogP contribution in [0.2, 0.25) is 5.02 Å². The van der Waals surface area contributed by atoms with E-state index in [1.165, 1.54) is 0 Å². The molecular weight excluding hydrogens is 350 g/mol. The predicted molar refractivity (Wildman–Crippen MR) is 98.9 cm³/mol. The Labute approximate surface area is 155 Å². The van der Waals surface area contributed by atoms with Gasteiger partial charge >= 0.3 is 0 Å². The average molecular weight is 368 g/mol. The number of hydrogen-bond acceptors (Lipinski definition) is 3. The third-order valence-corrected chi connectivity index (χ3v) is 6.05. The summed E-state index contributed by atoms with van der Waals surface area (Å²) in [5.74, 6) is 0.543. The summed E-state index contributed by atoms with van der Waals surface area (Å²) in [6.07, 6.45) is 2.95. The highest BCUT2D eigenvalue weighted by atomic mass is 35.5. The molecule has 2 atom stereocenters. The molecule has 132 valence electrons. The number of aromatic amines is 1. The van der Waals surface area contributed by atoms with Crippen molar-refractivity contribution in [3.8, 4) is 0 Å². The molecule has 0 saturated heterocycles. The van der Waals surface area contributed by atoms with E-state index >= 15 is 0 Å². The van der Waals surface area contributed by atoms with E-state index in [-0.39, 0.29) is 11.9 Å². The molecule has 3 N–H and O–H groups in total. The first kappa shape index (κ1) is 15.9. The van der Waals surface area contributed by atoms with E-state index in [0.29, 0.717) is 35.3 Å². The molecule has 26 heavy (non-hydrogen) atoms. The lowest BCUT2D eigenvalue weighted by atomic mass is 9.87. The number of aromatic nitrogens is 2. The smallest absolute Gasteiger partial charge is 0.251 e. The third kappa shape index (κ3) is 2.42. The Kier molecular flexibility index (Phi) is 3.39. The fourth-order valence-corrected chi connectivity index (χ4v) is 4.74. The number of hydrogen-bond donors (Lipinski definition) is 3. The number of carbonyl (C=O) groups excluding carboxylic acids is 1. The van der Waals surface area contributed by atoms with E-state index in [9.17, 15) is 9.90 Å². The average Bonchev–Trinajstić information content (AvgIpc) is 3.01. The topological polar surface area (TPSA) is 78.0 Å². The van der Waals surface area contributed by atoms with Crippen LogP contribution in [-0.4, -0.2) is 27.3 Å². The Hall–Kier alpha value is -2.37. The van der Waals surface area contributed by atoms with Gasteiger partial charge in [-0.15, -0.1) is 0 Å². The van der Waals surface area contributed by atoms with Gasteiger partial charge in [0, 0.05) is 27.6 Å². The maximum absolute atomic E-state index is 12.3. The number of amides is 1. The Morgan fingerprint density at radius 1 is 1.23 bits per heavy atom. The van der Waals surface area contributed by atoms with Crippen molar-refractivity contribution >= 4 is 28.4 Å². The van der Waals surface area contributed by atoms with Gasteiger partial charge in [0.25, 0.3) is 5.91 Å². The van der Waals surface area contributed by atoms with Crippen LogP contribution in [0.3, 0.4) is 0 Å². The summed E-state index contributed by atoms with van der Waals surface area (Å²) in [7, 11) is 0. The number of nitrogens with zero attached hydrogens (tertiary/aromatic N) is 1. The van der Waals surface area contributed by atoms with Gasteiger partial charge in [-0.25, -0.2) is 0 Å². The minimum absolute atomic E-state index is 0.0488. The molecule has 5 nitrogen and oxygen atoms in total. The van der Waals surface area contributed by atoms with E-state index in [0.717, 1.165) is 16.5 Å². The van der Waals surface area contributed by atoms with Crippen molar-refractivity contribution in [2.75, 3.05) is 0 Å². The first-order chi connectivity index (χ1) is 12.5. The fourth-order valence-electron chi connectivity index (χ4n) is 4.51. The summed E-state index contributed by atoms with van der Waals surface area (Å²) < 4.78 is 0. The number of halogens is 1. The number of fused-ring (bicyclic) bond motifs is 2. The summed E-state index contributed by atoms with van der Waals surface area (Å²) in [6.45, 7) is 0. The van der Waals surface area contributed by atoms with E-state index in [1.54, 1.807) is 6.20 Å². The SMILES string of the molecule is O=C(NC1C2CC(O)(c3cc(Cl)cc4cn[nH]c34)CC21)c1ccccc1. The zero-order chi connectivity index (χ0) is 17.9. The molecule has 2 unspecified atom stereocenters. The van der Waals surface area contributed by atoms with Crippen molar-refractivity contribution in [3.05, 3.63) is 64.8 Å². The lowest BCUT2D eigenvalue weighted by molar-refractivity contribution is 0.0291. The van der Waals surface area contributed by atoms with Crippen LogP contribution in [0.5, 0.6) is 0 Å². The van der Waals surface area contributed by atoms with Crippen LogP contribution in [0.25, 0.3) is 10.9 Å². The van der Waals surface area contributed by atoms with Crippen molar-refractivity contribution in [1.82, 2.24) is 15.5 Å². The molecule has 0 bridgehead atoms. The maximum atomic E-state index is 12.3. The van der Waals surface area contributed by atoms with Gasteiger partial charge in [-0.05, 0) is 48.9 Å². The van der Waals surface area contributed by atoms with Gasteiger partial charge in [0.15, 0.2) is 0 Å². The summed E-state index contributed by atoms with van der Waals surface area (Å²) >= 11 is 6.22. The second-order valence-corrected chi connectivity index (χ2v) is 7.86. The molecule has 0 spiro atoms. The highest BCUT2D eigenvalue weighted by Crippen LogP contribution is 2.60. The first-order valence-corrected chi connectivity index (χ1v) is 9.14. The van der Waals surface area contributed by atoms with Crippen LogP contribution in [0.1, 0.15) is 28.8 Å². The minimum Gasteiger partial charge on any atom is -0.385 e. The third-order valence-electron chi connectivity index (χ3n) is 5.83. The molecule has 0 radical (unpaired) electrons. The molecular formula is C20H18ClN3O2. The van der Waals surface area contributed by atoms with Gasteiger partial charge < -0.3 is 10.4 Å². The molecule has 2 fully saturated rings. The second kappa shape index (κ2) is 5.56. The van der Waals surface area contributed by atoms with Gasteiger partial charge in [-0.3, -0.25) is 9.89 Å². The van der Waals surface area contributed by atoms with Crippen molar-refractivity contribution in [2.45, 2.75) is 24.5 Å². The molecule has 2 aliphatic carbocycles. The van der Waals surface area contributed by atoms with Crippen LogP contribution in [0, 0.1) is 11.8 Å². The van der Waals surface area contributed by atoms with Crippen LogP contribution in [-0.2, 0) is 5.60 Å². The normalized spacial score (nSPS) is 29.5. The van der Waals surface area contributed by atoms with Crippen molar-refractivity contribution < 1.29 is 9.90 Å². The van der Waals surface area contributed by atoms with Crippen LogP contribution >= 0.6 is 11.6 Å². The van der Waals surface area contributed by atoms with Gasteiger partial charge in [0.1, 0.15) is 0 Å². The van der Waals surface area contributed by atoms with Crippen LogP contribution < -0.4 is 5.32 Å². The largest absolute Gasteiger partial charge is 0.385 e. The highest BCUT2D eigenvalue weighted by molar-refractivity contribution is 6.31. The van der Waals surface area contributed by atoms with E-state index < -0.39 is 5.60 Å². The molecule has 6 heteroatoms. The lowest BCUT2D eigenvalue weighted by Gasteiger charge is -2.27. The number of benzene rings is 2. The second-order valence-electron chi connectivity index (χ2n) is 7.42. The monoisotopic (exact) mass is 367 g/mol. The fraction of sp³-hybridized carbons (Fsp3) is 0.300. The molecule has 5 rings (SSSR count). The maximum Gasteiger partial charge on any atom is 0.251 e. The number of rotatable bonds is 3. The summed E-state index contributed by atoms with van der Waals surface area (Å²) in [4.78, 5) is 12.3. The zero-order valence-electron chi connectivity index (χ0n) is 13.9. The summed E-state index contributed by atoms with van der Waals surface area (Å²) in [5, 5.41) is 22.9. The molecule has 1 heterocycles. The predicted octanol–water partition coefficient (Wildman–Crippen LogP) is 3.24. The van der Waals surface area contributed by atoms with Crippen molar-refractivity contribution in [2.24, 2.45) is 11.8 Å². The number of nitrogens with one attached hydrogen (secondary N) is 2. The molecule has 1 amide bonds. The number of H-pyrrole nitrogens is 1. The van der Waals surface area contributed by atoms with Crippen molar-refractivity contribution in [1.29, 1.82) is 0 Å². The Morgan fingerprint density at radius 3 is 2.69 bits per heavy atom. The van der Waals surface area contributed by atoms with Gasteiger partial charge in [-0.1, -0.05) is 29.8 Å². The molecule has 1 aromatic heterocycles. The minimum atomic E-state index is -0.932. The highest BCUT2D eigenvalue weighted by Gasteiger charge is 2.62. The van der Waals surface area contributed by atoms with E-state index in [4.69, 9.17) is 11.6 Å². The van der Waals surface area contributed by atoms with E-state index in [2.05, 4.69) is 15.5 Å². The summed E-state index contributed by atoms with van der Waals surface area (Å²) in [5.41, 5.74) is 1.38. The standard InChI is InChI=1S/C20H18ClN3O2/c21-13-6-12-10-22-24-17(12)16(7-13)20(26)8-14-15(9-20)18(14)23-19(25)11-4-2-1-3-5-11/h1-7,10,14-15,18,26H,8-9H2,(H,22,24)(H,23,25). The van der Waals surface area contributed by atoms with Gasteiger partial charge in [-0.2, -0.15) is 5.10 Å². The molecule has 3 aromatic rings. The Balaban J connectivity index is 1.34. The quantitative estimate of drug-likeness (QED) is 0.665. The van der Waals surface area contributed by atoms with Crippen molar-refractivity contribution in [3.63, 3.8) is 0 Å². The molecule has 2 aliphatic rings. The Morgan fingerprint density at radius 2 is 1.96 bits per heavy atom. The number of carbonyl (C=O) groups is 1.